The molecule has 6 heteroatoms. The third-order valence-corrected chi connectivity index (χ3v) is 1.99. The van der Waals surface area contributed by atoms with Crippen LogP contribution in [-0.4, -0.2) is 15.3 Å². The van der Waals surface area contributed by atoms with Gasteiger partial charge >= 0.3 is 0 Å². The Morgan fingerprint density at radius 3 is 3.18 bits per heavy atom. The summed E-state index contributed by atoms with van der Waals surface area (Å²) in [5, 5.41) is 2.86. The van der Waals surface area contributed by atoms with E-state index in [2.05, 4.69) is 15.7 Å². The summed E-state index contributed by atoms with van der Waals surface area (Å²) in [6.45, 7) is 0. The highest BCUT2D eigenvalue weighted by atomic mass is 35.5. The summed E-state index contributed by atoms with van der Waals surface area (Å²) in [5.41, 5.74) is 2.22. The molecule has 0 aliphatic carbocycles. The minimum atomic E-state index is -0.348. The molecule has 2 rings (SSSR count). The molecule has 0 bridgehead atoms. The molecule has 0 radical (unpaired) electrons. The summed E-state index contributed by atoms with van der Waals surface area (Å²) in [6.07, 6.45) is 3.43. The van der Waals surface area contributed by atoms with E-state index in [-0.39, 0.29) is 11.1 Å². The molecule has 0 amide bonds. The van der Waals surface area contributed by atoms with Crippen molar-refractivity contribution in [2.45, 2.75) is 11.1 Å². The van der Waals surface area contributed by atoms with E-state index in [1.54, 1.807) is 17.1 Å². The topological polar surface area (TPSA) is 41.9 Å². The molecule has 11 heavy (non-hydrogen) atoms. The summed E-state index contributed by atoms with van der Waals surface area (Å²) in [7, 11) is 0. The second-order valence-corrected chi connectivity index (χ2v) is 3.05. The van der Waals surface area contributed by atoms with Crippen LogP contribution in [0, 0.1) is 0 Å². The Bertz CT molecular complexity index is 261. The zero-order valence-electron chi connectivity index (χ0n) is 5.46. The first kappa shape index (κ1) is 7.21. The third-order valence-electron chi connectivity index (χ3n) is 1.44. The second kappa shape index (κ2) is 2.55. The van der Waals surface area contributed by atoms with Crippen molar-refractivity contribution in [3.05, 3.63) is 18.2 Å². The van der Waals surface area contributed by atoms with E-state index in [0.717, 1.165) is 5.82 Å². The zero-order valence-corrected chi connectivity index (χ0v) is 6.97. The molecular formula is C5H6Cl2N4. The molecule has 2 N–H and O–H groups in total. The summed E-state index contributed by atoms with van der Waals surface area (Å²) >= 11 is 11.6. The fourth-order valence-corrected chi connectivity index (χ4v) is 1.56. The Balaban J connectivity index is 2.36. The van der Waals surface area contributed by atoms with Crippen LogP contribution < -0.4 is 10.7 Å². The largest absolute Gasteiger partial charge is 0.293 e. The summed E-state index contributed by atoms with van der Waals surface area (Å²) in [4.78, 5) is 4.02. The third kappa shape index (κ3) is 1.17. The van der Waals surface area contributed by atoms with E-state index in [1.807, 2.05) is 0 Å². The van der Waals surface area contributed by atoms with Crippen molar-refractivity contribution >= 4 is 23.2 Å². The fraction of sp³-hybridized carbons (Fsp3) is 0.400. The summed E-state index contributed by atoms with van der Waals surface area (Å²) in [6, 6.07) is 0. The molecule has 2 heterocycles. The normalized spacial score (nSPS) is 29.3. The molecule has 0 fully saturated rings. The van der Waals surface area contributed by atoms with Gasteiger partial charge in [0, 0.05) is 12.4 Å². The Morgan fingerprint density at radius 2 is 2.36 bits per heavy atom. The minimum absolute atomic E-state index is 0.325. The molecule has 0 saturated heterocycles. The Labute approximate surface area is 73.5 Å². The van der Waals surface area contributed by atoms with E-state index in [9.17, 15) is 0 Å². The van der Waals surface area contributed by atoms with Gasteiger partial charge in [-0.3, -0.25) is 10.7 Å². The number of rotatable bonds is 0. The maximum Gasteiger partial charge on any atom is 0.170 e. The van der Waals surface area contributed by atoms with Gasteiger partial charge in [-0.2, -0.15) is 0 Å². The monoisotopic (exact) mass is 192 g/mol. The van der Waals surface area contributed by atoms with Gasteiger partial charge < -0.3 is 0 Å². The molecule has 0 saturated carbocycles. The fourth-order valence-electron chi connectivity index (χ4n) is 0.974. The molecule has 0 aromatic carbocycles. The smallest absolute Gasteiger partial charge is 0.170 e. The van der Waals surface area contributed by atoms with E-state index in [1.165, 1.54) is 0 Å². The first-order valence-electron chi connectivity index (χ1n) is 3.11. The van der Waals surface area contributed by atoms with Crippen LogP contribution in [0.25, 0.3) is 0 Å². The average Bonchev–Trinajstić information content (AvgIpc) is 2.34. The number of fused-ring (bicyclic) bond motifs is 1. The highest BCUT2D eigenvalue weighted by Gasteiger charge is 2.22. The Hall–Kier alpha value is -0.450. The van der Waals surface area contributed by atoms with Crippen molar-refractivity contribution in [3.63, 3.8) is 0 Å². The van der Waals surface area contributed by atoms with Gasteiger partial charge in [0.15, 0.2) is 11.4 Å². The molecular weight excluding hydrogens is 187 g/mol. The molecule has 1 aliphatic heterocycles. The molecule has 2 unspecified atom stereocenters. The first-order chi connectivity index (χ1) is 5.27. The van der Waals surface area contributed by atoms with Crippen molar-refractivity contribution < 1.29 is 0 Å². The Kier molecular flexibility index (Phi) is 1.67. The van der Waals surface area contributed by atoms with Crippen LogP contribution in [0.4, 0.5) is 0 Å². The lowest BCUT2D eigenvalue weighted by atomic mass is 10.5. The molecule has 1 aromatic rings. The Morgan fingerprint density at radius 1 is 1.55 bits per heavy atom. The number of alkyl halides is 2. The van der Waals surface area contributed by atoms with E-state index >= 15 is 0 Å². The van der Waals surface area contributed by atoms with Crippen LogP contribution in [0.3, 0.4) is 0 Å². The zero-order chi connectivity index (χ0) is 7.84. The quantitative estimate of drug-likeness (QED) is 0.472. The molecule has 2 atom stereocenters. The van der Waals surface area contributed by atoms with Gasteiger partial charge in [0.2, 0.25) is 0 Å². The molecule has 1 aliphatic rings. The highest BCUT2D eigenvalue weighted by Crippen LogP contribution is 2.19. The lowest BCUT2D eigenvalue weighted by Gasteiger charge is -2.26. The molecule has 4 nitrogen and oxygen atoms in total. The number of imidazole rings is 1. The van der Waals surface area contributed by atoms with Crippen molar-refractivity contribution in [1.29, 1.82) is 0 Å². The number of hydrogen-bond donors (Lipinski definition) is 2. The van der Waals surface area contributed by atoms with Crippen LogP contribution in [0.5, 0.6) is 0 Å². The molecule has 0 spiro atoms. The van der Waals surface area contributed by atoms with Gasteiger partial charge in [0.1, 0.15) is 5.50 Å². The maximum absolute atomic E-state index is 5.86. The van der Waals surface area contributed by atoms with Crippen LogP contribution in [0.1, 0.15) is 11.3 Å². The molecule has 1 aromatic heterocycles. The van der Waals surface area contributed by atoms with Crippen LogP contribution in [0.2, 0.25) is 0 Å². The number of hydrogen-bond acceptors (Lipinski definition) is 3. The van der Waals surface area contributed by atoms with Gasteiger partial charge in [-0.05, 0) is 0 Å². The number of nitrogens with zero attached hydrogens (tertiary/aromatic N) is 2. The average molecular weight is 193 g/mol. The first-order valence-corrected chi connectivity index (χ1v) is 3.98. The van der Waals surface area contributed by atoms with E-state index in [0.29, 0.717) is 0 Å². The second-order valence-electron chi connectivity index (χ2n) is 2.18. The van der Waals surface area contributed by atoms with Crippen LogP contribution in [0.15, 0.2) is 12.4 Å². The SMILES string of the molecule is ClC1NC(Cl)c2nccn2N1. The van der Waals surface area contributed by atoms with Gasteiger partial charge in [0.05, 0.1) is 0 Å². The lowest BCUT2D eigenvalue weighted by molar-refractivity contribution is 0.527. The maximum atomic E-state index is 5.86. The standard InChI is InChI=1S/C5H6Cl2N4/c6-3-4-8-1-2-11(4)10-5(7)9-3/h1-3,5,9-10H. The van der Waals surface area contributed by atoms with Crippen LogP contribution >= 0.6 is 23.2 Å². The number of aromatic nitrogens is 2. The predicted molar refractivity (Wildman–Crippen MR) is 43.0 cm³/mol. The van der Waals surface area contributed by atoms with E-state index < -0.39 is 0 Å². The van der Waals surface area contributed by atoms with E-state index in [4.69, 9.17) is 23.2 Å². The summed E-state index contributed by atoms with van der Waals surface area (Å²) < 4.78 is 1.70. The van der Waals surface area contributed by atoms with Crippen molar-refractivity contribution in [1.82, 2.24) is 15.0 Å². The van der Waals surface area contributed by atoms with Gasteiger partial charge in [-0.1, -0.05) is 23.2 Å². The van der Waals surface area contributed by atoms with Crippen molar-refractivity contribution in [2.75, 3.05) is 5.43 Å². The summed E-state index contributed by atoms with van der Waals surface area (Å²) in [5.74, 6) is 0.726. The van der Waals surface area contributed by atoms with Crippen LogP contribution in [-0.2, 0) is 0 Å². The molecule has 60 valence electrons. The highest BCUT2D eigenvalue weighted by molar-refractivity contribution is 6.23. The van der Waals surface area contributed by atoms with Gasteiger partial charge in [0.25, 0.3) is 0 Å². The number of halogens is 2. The predicted octanol–water partition coefficient (Wildman–Crippen LogP) is 0.790. The van der Waals surface area contributed by atoms with Gasteiger partial charge in [-0.15, -0.1) is 0 Å². The van der Waals surface area contributed by atoms with Crippen molar-refractivity contribution in [2.24, 2.45) is 0 Å². The van der Waals surface area contributed by atoms with Gasteiger partial charge in [-0.25, -0.2) is 9.66 Å². The number of nitrogens with one attached hydrogen (secondary N) is 2. The van der Waals surface area contributed by atoms with Crippen molar-refractivity contribution in [3.8, 4) is 0 Å². The minimum Gasteiger partial charge on any atom is -0.293 e. The lowest BCUT2D eigenvalue weighted by Crippen LogP contribution is -2.43.